The van der Waals surface area contributed by atoms with E-state index in [4.69, 9.17) is 4.42 Å². The number of thioether (sulfide) groups is 1. The minimum atomic E-state index is -0.153. The Morgan fingerprint density at radius 3 is 2.41 bits per heavy atom. The molecule has 3 aromatic heterocycles. The van der Waals surface area contributed by atoms with Gasteiger partial charge in [0.1, 0.15) is 0 Å². The van der Waals surface area contributed by atoms with Crippen molar-refractivity contribution < 1.29 is 4.42 Å². The third-order valence-electron chi connectivity index (χ3n) is 5.02. The first-order valence-corrected chi connectivity index (χ1v) is 11.2. The highest BCUT2D eigenvalue weighted by atomic mass is 32.2. The lowest BCUT2D eigenvalue weighted by Crippen LogP contribution is -2.24. The highest BCUT2D eigenvalue weighted by Crippen LogP contribution is 2.27. The zero-order chi connectivity index (χ0) is 21.8. The number of nitrogens with zero attached hydrogens (tertiary/aromatic N) is 5. The average molecular weight is 442 g/mol. The summed E-state index contributed by atoms with van der Waals surface area (Å²) in [5.41, 5.74) is 2.54. The summed E-state index contributed by atoms with van der Waals surface area (Å²) in [5.74, 6) is 1.10. The van der Waals surface area contributed by atoms with Crippen LogP contribution in [0.25, 0.3) is 22.4 Å². The van der Waals surface area contributed by atoms with Gasteiger partial charge in [0.2, 0.25) is 0 Å². The lowest BCUT2D eigenvalue weighted by Gasteiger charge is -2.09. The molecule has 0 N–H and O–H groups in total. The highest BCUT2D eigenvalue weighted by Gasteiger charge is 2.18. The Balaban J connectivity index is 1.44. The fourth-order valence-corrected chi connectivity index (χ4v) is 4.17. The summed E-state index contributed by atoms with van der Waals surface area (Å²) in [7, 11) is 0. The molecule has 0 spiro atoms. The fraction of sp³-hybridized carbons (Fsp3) is 0.125. The number of aromatic nitrogens is 5. The summed E-state index contributed by atoms with van der Waals surface area (Å²) in [6.45, 7) is 0.360. The Labute approximate surface area is 188 Å². The molecule has 0 bridgehead atoms. The number of hydrogen-bond acceptors (Lipinski definition) is 7. The van der Waals surface area contributed by atoms with E-state index in [1.165, 1.54) is 22.0 Å². The van der Waals surface area contributed by atoms with Gasteiger partial charge < -0.3 is 4.42 Å². The van der Waals surface area contributed by atoms with Crippen molar-refractivity contribution in [3.05, 3.63) is 101 Å². The van der Waals surface area contributed by atoms with Crippen LogP contribution >= 0.6 is 11.8 Å². The van der Waals surface area contributed by atoms with Gasteiger partial charge in [-0.3, -0.25) is 9.78 Å². The second-order valence-corrected chi connectivity index (χ2v) is 8.22. The van der Waals surface area contributed by atoms with Crippen LogP contribution in [0, 0.1) is 0 Å². The van der Waals surface area contributed by atoms with E-state index in [1.807, 2.05) is 60.7 Å². The molecule has 0 unspecified atom stereocenters. The van der Waals surface area contributed by atoms with Crippen LogP contribution < -0.4 is 5.56 Å². The molecule has 5 rings (SSSR count). The molecule has 0 aliphatic rings. The predicted octanol–water partition coefficient (Wildman–Crippen LogP) is 4.22. The molecular formula is C24H19N5O2S. The molecule has 8 heteroatoms. The van der Waals surface area contributed by atoms with Crippen LogP contribution in [0.2, 0.25) is 0 Å². The maximum atomic E-state index is 13.0. The van der Waals surface area contributed by atoms with Gasteiger partial charge in [-0.15, -0.1) is 10.2 Å². The van der Waals surface area contributed by atoms with Gasteiger partial charge in [-0.05, 0) is 35.7 Å². The van der Waals surface area contributed by atoms with Crippen LogP contribution in [0.5, 0.6) is 0 Å². The molecule has 0 amide bonds. The van der Waals surface area contributed by atoms with Crippen molar-refractivity contribution in [2.45, 2.75) is 18.2 Å². The fourth-order valence-electron chi connectivity index (χ4n) is 3.43. The summed E-state index contributed by atoms with van der Waals surface area (Å²) in [6, 6.07) is 21.1. The van der Waals surface area contributed by atoms with Crippen LogP contribution in [0.15, 0.2) is 93.6 Å². The minimum absolute atomic E-state index is 0.153. The van der Waals surface area contributed by atoms with Crippen LogP contribution in [-0.2, 0) is 13.0 Å². The van der Waals surface area contributed by atoms with Crippen molar-refractivity contribution in [2.24, 2.45) is 0 Å². The summed E-state index contributed by atoms with van der Waals surface area (Å²) in [4.78, 5) is 17.1. The van der Waals surface area contributed by atoms with Crippen LogP contribution in [0.4, 0.5) is 0 Å². The SMILES string of the molecule is O=c1c2ccccc2c(-c2nnc(SCCc3ccncc3)o2)nn1Cc1ccccc1. The second kappa shape index (κ2) is 9.15. The van der Waals surface area contributed by atoms with Gasteiger partial charge in [0.15, 0.2) is 5.69 Å². The number of pyridine rings is 1. The average Bonchev–Trinajstić information content (AvgIpc) is 3.31. The first kappa shape index (κ1) is 20.1. The van der Waals surface area contributed by atoms with Crippen molar-refractivity contribution in [3.8, 4) is 11.6 Å². The molecule has 0 aliphatic carbocycles. The van der Waals surface area contributed by atoms with Crippen molar-refractivity contribution in [3.63, 3.8) is 0 Å². The molecule has 0 radical (unpaired) electrons. The largest absolute Gasteiger partial charge is 0.410 e. The zero-order valence-electron chi connectivity index (χ0n) is 17.1. The van der Waals surface area contributed by atoms with E-state index in [0.717, 1.165) is 17.7 Å². The molecule has 32 heavy (non-hydrogen) atoms. The summed E-state index contributed by atoms with van der Waals surface area (Å²) >= 11 is 1.49. The maximum Gasteiger partial charge on any atom is 0.276 e. The molecule has 0 atom stereocenters. The standard InChI is InChI=1S/C24H19N5O2S/c30-23-20-9-5-4-8-19(20)21(28-29(23)16-18-6-2-1-3-7-18)22-26-27-24(31-22)32-15-12-17-10-13-25-14-11-17/h1-11,13-14H,12,15-16H2. The van der Waals surface area contributed by atoms with Crippen molar-refractivity contribution in [2.75, 3.05) is 5.75 Å². The Kier molecular flexibility index (Phi) is 5.76. The zero-order valence-corrected chi connectivity index (χ0v) is 17.9. The lowest BCUT2D eigenvalue weighted by atomic mass is 10.1. The first-order valence-electron chi connectivity index (χ1n) is 10.2. The van der Waals surface area contributed by atoms with Gasteiger partial charge in [0.05, 0.1) is 11.9 Å². The molecule has 158 valence electrons. The normalized spacial score (nSPS) is 11.1. The van der Waals surface area contributed by atoms with Gasteiger partial charge in [-0.2, -0.15) is 5.10 Å². The Bertz CT molecular complexity index is 1400. The van der Waals surface area contributed by atoms with Gasteiger partial charge >= 0.3 is 0 Å². The number of fused-ring (bicyclic) bond motifs is 1. The molecule has 0 aliphatic heterocycles. The molecule has 7 nitrogen and oxygen atoms in total. The van der Waals surface area contributed by atoms with Crippen LogP contribution in [0.1, 0.15) is 11.1 Å². The Morgan fingerprint density at radius 2 is 1.59 bits per heavy atom. The van der Waals surface area contributed by atoms with Gasteiger partial charge in [0.25, 0.3) is 16.7 Å². The summed E-state index contributed by atoms with van der Waals surface area (Å²) < 4.78 is 7.36. The molecule has 2 aromatic carbocycles. The molecule has 0 saturated carbocycles. The molecular weight excluding hydrogens is 422 g/mol. The van der Waals surface area contributed by atoms with Crippen LogP contribution in [0.3, 0.4) is 0 Å². The van der Waals surface area contributed by atoms with Crippen molar-refractivity contribution >= 4 is 22.5 Å². The van der Waals surface area contributed by atoms with E-state index in [9.17, 15) is 4.79 Å². The lowest BCUT2D eigenvalue weighted by molar-refractivity contribution is 0.463. The summed E-state index contributed by atoms with van der Waals surface area (Å²) in [5, 5.41) is 14.7. The smallest absolute Gasteiger partial charge is 0.276 e. The van der Waals surface area contributed by atoms with Gasteiger partial charge in [-0.25, -0.2) is 4.68 Å². The van der Waals surface area contributed by atoms with Gasteiger partial charge in [0, 0.05) is 23.5 Å². The van der Waals surface area contributed by atoms with Crippen molar-refractivity contribution in [1.82, 2.24) is 25.0 Å². The van der Waals surface area contributed by atoms with E-state index in [2.05, 4.69) is 20.3 Å². The number of rotatable bonds is 7. The molecule has 0 fully saturated rings. The minimum Gasteiger partial charge on any atom is -0.410 e. The van der Waals surface area contributed by atoms with E-state index in [0.29, 0.717) is 34.1 Å². The number of hydrogen-bond donors (Lipinski definition) is 0. The monoisotopic (exact) mass is 441 g/mol. The Morgan fingerprint density at radius 1 is 0.844 bits per heavy atom. The van der Waals surface area contributed by atoms with Crippen molar-refractivity contribution in [1.29, 1.82) is 0 Å². The third kappa shape index (κ3) is 4.31. The van der Waals surface area contributed by atoms with E-state index in [1.54, 1.807) is 18.5 Å². The predicted molar refractivity (Wildman–Crippen MR) is 124 cm³/mol. The third-order valence-corrected chi connectivity index (χ3v) is 5.84. The molecule has 3 heterocycles. The quantitative estimate of drug-likeness (QED) is 0.349. The number of aryl methyl sites for hydroxylation is 1. The van der Waals surface area contributed by atoms with E-state index in [-0.39, 0.29) is 5.56 Å². The maximum absolute atomic E-state index is 13.0. The summed E-state index contributed by atoms with van der Waals surface area (Å²) in [6.07, 6.45) is 4.44. The first-order chi connectivity index (χ1) is 15.8. The Hall–Kier alpha value is -3.78. The number of benzene rings is 2. The van der Waals surface area contributed by atoms with Gasteiger partial charge in [-0.1, -0.05) is 60.3 Å². The molecule has 5 aromatic rings. The van der Waals surface area contributed by atoms with E-state index >= 15 is 0 Å². The van der Waals surface area contributed by atoms with Crippen LogP contribution in [-0.4, -0.2) is 30.7 Å². The second-order valence-electron chi connectivity index (χ2n) is 7.17. The molecule has 0 saturated heterocycles. The van der Waals surface area contributed by atoms with E-state index < -0.39 is 0 Å². The topological polar surface area (TPSA) is 86.7 Å². The highest BCUT2D eigenvalue weighted by molar-refractivity contribution is 7.99.